The Bertz CT molecular complexity index is 479. The van der Waals surface area contributed by atoms with E-state index in [2.05, 4.69) is 34.5 Å². The molecule has 0 saturated carbocycles. The maximum Gasteiger partial charge on any atom is 0.0794 e. The summed E-state index contributed by atoms with van der Waals surface area (Å²) >= 11 is 1.75. The molecule has 1 aromatic carbocycles. The van der Waals surface area contributed by atoms with E-state index in [0.29, 0.717) is 0 Å². The van der Waals surface area contributed by atoms with Crippen molar-refractivity contribution >= 4 is 17.0 Å². The lowest BCUT2D eigenvalue weighted by Crippen LogP contribution is -2.09. The Balaban J connectivity index is 1.99. The van der Waals surface area contributed by atoms with Crippen LogP contribution in [0.4, 0.5) is 5.69 Å². The number of hydrogen-bond donors (Lipinski definition) is 1. The van der Waals surface area contributed by atoms with Crippen molar-refractivity contribution in [2.24, 2.45) is 0 Å². The first-order valence-corrected chi connectivity index (χ1v) is 7.02. The molecule has 0 radical (unpaired) electrons. The molecule has 0 spiro atoms. The average Bonchev–Trinajstić information content (AvgIpc) is 2.89. The highest BCUT2D eigenvalue weighted by Crippen LogP contribution is 2.24. The molecule has 0 aliphatic carbocycles. The van der Waals surface area contributed by atoms with Gasteiger partial charge in [-0.2, -0.15) is 0 Å². The largest absolute Gasteiger partial charge is 0.388 e. The summed E-state index contributed by atoms with van der Waals surface area (Å²) in [4.78, 5) is 3.38. The average molecular weight is 261 g/mol. The predicted molar refractivity (Wildman–Crippen MR) is 78.4 cm³/mol. The molecule has 1 heterocycles. The van der Waals surface area contributed by atoms with Crippen LogP contribution in [0.25, 0.3) is 0 Å². The monoisotopic (exact) mass is 261 g/mol. The first kappa shape index (κ1) is 13.1. The summed E-state index contributed by atoms with van der Waals surface area (Å²) in [7, 11) is 4.02. The van der Waals surface area contributed by atoms with Crippen LogP contribution >= 0.6 is 11.3 Å². The van der Waals surface area contributed by atoms with Gasteiger partial charge in [0.1, 0.15) is 0 Å². The number of rotatable bonds is 5. The highest BCUT2D eigenvalue weighted by molar-refractivity contribution is 7.09. The summed E-state index contributed by atoms with van der Waals surface area (Å²) < 4.78 is 0. The zero-order valence-corrected chi connectivity index (χ0v) is 11.7. The number of hydrogen-bond acceptors (Lipinski definition) is 3. The third-order valence-corrected chi connectivity index (χ3v) is 3.95. The van der Waals surface area contributed by atoms with Gasteiger partial charge in [0.05, 0.1) is 6.10 Å². The quantitative estimate of drug-likeness (QED) is 0.890. The molecule has 1 atom stereocenters. The molecule has 1 aromatic heterocycles. The van der Waals surface area contributed by atoms with Crippen LogP contribution in [0.5, 0.6) is 0 Å². The van der Waals surface area contributed by atoms with Gasteiger partial charge in [-0.3, -0.25) is 0 Å². The van der Waals surface area contributed by atoms with Crippen LogP contribution in [-0.2, 0) is 6.42 Å². The van der Waals surface area contributed by atoms with E-state index in [1.807, 2.05) is 26.2 Å². The van der Waals surface area contributed by atoms with Crippen LogP contribution < -0.4 is 4.90 Å². The number of aryl methyl sites for hydroxylation is 1. The lowest BCUT2D eigenvalue weighted by molar-refractivity contribution is 0.168. The van der Waals surface area contributed by atoms with Gasteiger partial charge in [-0.15, -0.1) is 11.3 Å². The Morgan fingerprint density at radius 1 is 1.22 bits per heavy atom. The molecule has 0 fully saturated rings. The summed E-state index contributed by atoms with van der Waals surface area (Å²) in [6, 6.07) is 12.3. The van der Waals surface area contributed by atoms with Crippen LogP contribution in [-0.4, -0.2) is 19.2 Å². The minimum atomic E-state index is -0.382. The minimum absolute atomic E-state index is 0.382. The third-order valence-electron chi connectivity index (χ3n) is 3.02. The standard InChI is InChI=1S/C15H19NOS/c1-16(2)13-6-3-5-12(11-13)15(17)9-8-14-7-4-10-18-14/h3-7,10-11,15,17H,8-9H2,1-2H3. The van der Waals surface area contributed by atoms with E-state index >= 15 is 0 Å². The zero-order chi connectivity index (χ0) is 13.0. The Labute approximate surface area is 113 Å². The summed E-state index contributed by atoms with van der Waals surface area (Å²) in [5.74, 6) is 0. The second-order valence-corrected chi connectivity index (χ2v) is 5.66. The van der Waals surface area contributed by atoms with E-state index in [1.165, 1.54) is 4.88 Å². The van der Waals surface area contributed by atoms with Crippen LogP contribution in [0.2, 0.25) is 0 Å². The molecular weight excluding hydrogens is 242 g/mol. The molecule has 0 aliphatic rings. The number of aliphatic hydroxyl groups is 1. The van der Waals surface area contributed by atoms with Crippen molar-refractivity contribution in [2.75, 3.05) is 19.0 Å². The Morgan fingerprint density at radius 2 is 2.06 bits per heavy atom. The van der Waals surface area contributed by atoms with Gasteiger partial charge in [0, 0.05) is 24.7 Å². The summed E-state index contributed by atoms with van der Waals surface area (Å²) in [6.45, 7) is 0. The van der Waals surface area contributed by atoms with Crippen molar-refractivity contribution in [2.45, 2.75) is 18.9 Å². The molecule has 2 rings (SSSR count). The molecule has 0 aliphatic heterocycles. The smallest absolute Gasteiger partial charge is 0.0794 e. The normalized spacial score (nSPS) is 12.4. The maximum atomic E-state index is 10.2. The van der Waals surface area contributed by atoms with Crippen molar-refractivity contribution in [1.82, 2.24) is 0 Å². The molecule has 0 saturated heterocycles. The number of anilines is 1. The van der Waals surface area contributed by atoms with Crippen molar-refractivity contribution in [3.63, 3.8) is 0 Å². The molecule has 2 nitrogen and oxygen atoms in total. The minimum Gasteiger partial charge on any atom is -0.388 e. The zero-order valence-electron chi connectivity index (χ0n) is 10.8. The van der Waals surface area contributed by atoms with E-state index in [4.69, 9.17) is 0 Å². The van der Waals surface area contributed by atoms with Crippen molar-refractivity contribution in [3.05, 3.63) is 52.2 Å². The van der Waals surface area contributed by atoms with Crippen molar-refractivity contribution in [1.29, 1.82) is 0 Å². The van der Waals surface area contributed by atoms with Gasteiger partial charge < -0.3 is 10.0 Å². The summed E-state index contributed by atoms with van der Waals surface area (Å²) in [5.41, 5.74) is 2.13. The second-order valence-electron chi connectivity index (χ2n) is 4.62. The molecule has 18 heavy (non-hydrogen) atoms. The lowest BCUT2D eigenvalue weighted by atomic mass is 10.0. The fourth-order valence-electron chi connectivity index (χ4n) is 1.91. The molecular formula is C15H19NOS. The van der Waals surface area contributed by atoms with E-state index in [1.54, 1.807) is 11.3 Å². The van der Waals surface area contributed by atoms with Gasteiger partial charge in [-0.05, 0) is 42.0 Å². The summed E-state index contributed by atoms with van der Waals surface area (Å²) in [6.07, 6.45) is 1.33. The highest BCUT2D eigenvalue weighted by Gasteiger charge is 2.09. The van der Waals surface area contributed by atoms with Crippen LogP contribution in [0.15, 0.2) is 41.8 Å². The van der Waals surface area contributed by atoms with Gasteiger partial charge in [0.2, 0.25) is 0 Å². The van der Waals surface area contributed by atoms with Crippen LogP contribution in [0, 0.1) is 0 Å². The number of aliphatic hydroxyl groups excluding tert-OH is 1. The number of thiophene rings is 1. The lowest BCUT2D eigenvalue weighted by Gasteiger charge is -2.16. The third kappa shape index (κ3) is 3.34. The van der Waals surface area contributed by atoms with Gasteiger partial charge in [-0.1, -0.05) is 18.2 Å². The first-order valence-electron chi connectivity index (χ1n) is 6.14. The van der Waals surface area contributed by atoms with Gasteiger partial charge in [0.15, 0.2) is 0 Å². The van der Waals surface area contributed by atoms with E-state index in [9.17, 15) is 5.11 Å². The van der Waals surface area contributed by atoms with Crippen molar-refractivity contribution < 1.29 is 5.11 Å². The van der Waals surface area contributed by atoms with E-state index in [0.717, 1.165) is 24.1 Å². The van der Waals surface area contributed by atoms with Crippen LogP contribution in [0.3, 0.4) is 0 Å². The van der Waals surface area contributed by atoms with E-state index < -0.39 is 0 Å². The Kier molecular flexibility index (Phi) is 4.39. The SMILES string of the molecule is CN(C)c1cccc(C(O)CCc2cccs2)c1. The number of benzene rings is 1. The van der Waals surface area contributed by atoms with Gasteiger partial charge in [0.25, 0.3) is 0 Å². The van der Waals surface area contributed by atoms with Crippen molar-refractivity contribution in [3.8, 4) is 0 Å². The predicted octanol–water partition coefficient (Wildman–Crippen LogP) is 3.48. The highest BCUT2D eigenvalue weighted by atomic mass is 32.1. The first-order chi connectivity index (χ1) is 8.66. The van der Waals surface area contributed by atoms with Gasteiger partial charge >= 0.3 is 0 Å². The second kappa shape index (κ2) is 6.03. The molecule has 0 bridgehead atoms. The number of nitrogens with zero attached hydrogens (tertiary/aromatic N) is 1. The molecule has 1 N–H and O–H groups in total. The topological polar surface area (TPSA) is 23.5 Å². The molecule has 2 aromatic rings. The Hall–Kier alpha value is -1.32. The fraction of sp³-hybridized carbons (Fsp3) is 0.333. The molecule has 1 unspecified atom stereocenters. The fourth-order valence-corrected chi connectivity index (χ4v) is 2.64. The molecule has 96 valence electrons. The molecule has 3 heteroatoms. The summed E-state index contributed by atoms with van der Waals surface area (Å²) in [5, 5.41) is 12.3. The molecule has 0 amide bonds. The van der Waals surface area contributed by atoms with Crippen LogP contribution in [0.1, 0.15) is 23.0 Å². The maximum absolute atomic E-state index is 10.2. The van der Waals surface area contributed by atoms with Gasteiger partial charge in [-0.25, -0.2) is 0 Å². The van der Waals surface area contributed by atoms with E-state index in [-0.39, 0.29) is 6.10 Å². The Morgan fingerprint density at radius 3 is 2.72 bits per heavy atom.